The van der Waals surface area contributed by atoms with Gasteiger partial charge in [-0.1, -0.05) is 181 Å². The molecule has 0 spiro atoms. The van der Waals surface area contributed by atoms with Crippen molar-refractivity contribution in [2.24, 2.45) is 11.3 Å². The third-order valence-electron chi connectivity index (χ3n) is 29.5. The Bertz CT molecular complexity index is 3920. The molecule has 140 heavy (non-hydrogen) atoms. The van der Waals surface area contributed by atoms with Crippen molar-refractivity contribution < 1.29 is 0 Å². The maximum atomic E-state index is 4.53. The zero-order chi connectivity index (χ0) is 98.1. The van der Waals surface area contributed by atoms with Crippen LogP contribution in [0.5, 0.6) is 0 Å². The number of imidazole rings is 1. The number of nitrogens with zero attached hydrogens (tertiary/aromatic N) is 17. The maximum Gasteiger partial charge on any atom is 0.141 e. The number of H-pyrrole nitrogens is 1. The van der Waals surface area contributed by atoms with Gasteiger partial charge < -0.3 is 19.4 Å². The first-order chi connectivity index (χ1) is 61.2. The smallest absolute Gasteiger partial charge is 0.141 e. The topological polar surface area (TPSA) is 103 Å². The molecule has 17 rings (SSSR count). The Morgan fingerprint density at radius 2 is 0.657 bits per heavy atom. The molecule has 0 saturated carbocycles. The third kappa shape index (κ3) is 47.5. The van der Waals surface area contributed by atoms with E-state index in [-0.39, 0.29) is 70.4 Å². The highest BCUT2D eigenvalue weighted by atomic mass is 15.4. The van der Waals surface area contributed by atoms with Crippen LogP contribution in [0.2, 0.25) is 0 Å². The second kappa shape index (κ2) is 61.1. The molecule has 7 saturated heterocycles. The molecule has 0 amide bonds. The molecule has 1 N–H and O–H groups in total. The molecule has 0 aliphatic carbocycles. The number of aromatic nitrogens is 6. The van der Waals surface area contributed by atoms with Gasteiger partial charge in [0.2, 0.25) is 0 Å². The van der Waals surface area contributed by atoms with E-state index in [0.717, 1.165) is 80.5 Å². The number of benzene rings is 3. The third-order valence-corrected chi connectivity index (χ3v) is 29.5. The van der Waals surface area contributed by atoms with E-state index in [1.807, 2.05) is 22.9 Å². The van der Waals surface area contributed by atoms with E-state index in [4.69, 9.17) is 0 Å². The second-order valence-electron chi connectivity index (χ2n) is 51.4. The van der Waals surface area contributed by atoms with Gasteiger partial charge in [-0.2, -0.15) is 5.10 Å². The minimum atomic E-state index is 0. The highest BCUT2D eigenvalue weighted by Crippen LogP contribution is 2.35. The summed E-state index contributed by atoms with van der Waals surface area (Å²) in [4.78, 5) is 42.6. The molecule has 11 aliphatic heterocycles. The van der Waals surface area contributed by atoms with Gasteiger partial charge in [0.1, 0.15) is 18.0 Å². The van der Waals surface area contributed by atoms with Gasteiger partial charge >= 0.3 is 0 Å². The van der Waals surface area contributed by atoms with Crippen LogP contribution in [0.25, 0.3) is 11.0 Å². The molecule has 7 fully saturated rings. The number of nitrogens with one attached hydrogen (secondary N) is 1. The van der Waals surface area contributed by atoms with Crippen LogP contribution in [-0.4, -0.2) is 289 Å². The summed E-state index contributed by atoms with van der Waals surface area (Å²) in [6.45, 7) is 107. The minimum absolute atomic E-state index is 0. The second-order valence-corrected chi connectivity index (χ2v) is 51.4. The van der Waals surface area contributed by atoms with Crippen LogP contribution in [0.1, 0.15) is 411 Å². The summed E-state index contributed by atoms with van der Waals surface area (Å²) in [5.41, 5.74) is 13.4. The minimum Gasteiger partial charge on any atom is -0.349 e. The molecular formula is C122H238N18. The van der Waals surface area contributed by atoms with Crippen LogP contribution in [0.3, 0.4) is 0 Å². The first kappa shape index (κ1) is 137. The summed E-state index contributed by atoms with van der Waals surface area (Å²) in [7, 11) is 4.42. The van der Waals surface area contributed by atoms with Crippen molar-refractivity contribution in [1.29, 1.82) is 0 Å². The lowest BCUT2D eigenvalue weighted by molar-refractivity contribution is 0.00573. The monoisotopic (exact) mass is 1960 g/mol. The molecule has 3 aromatic heterocycles. The van der Waals surface area contributed by atoms with Gasteiger partial charge in [0.15, 0.2) is 0 Å². The molecule has 816 valence electrons. The molecule has 6 aromatic rings. The van der Waals surface area contributed by atoms with E-state index in [9.17, 15) is 0 Å². The number of hydrogen-bond acceptors (Lipinski definition) is 15. The standard InChI is InChI=1S/2C13H19N.C12H24N2.C11H18N2.C11H14N2.C10H21N.C9H16N4.C9H20N2.2C9H19N.C8H17N.8CH4/c2*1-13(2,3)14-9-8-11-6-4-5-7-12(11)10-14;1-12(2,3)14-9-8-13-7-5-4-6-11(13)10-14;1-11(2,3)13-8-7-12-6-4-5-10(12)9-13;1-11(2,3)10-12-8-6-4-5-7-9(8)13-10;1-10(2,3)9-5-7-11(4)8-6-9;1-9(2,3)12-4-5-13-8(6-12)10-7-11-13;1-9(2,3)11-7-5-10(4)6-8-11;2*1-9(2,3)10-7-5-4-6-8-10;1-8(2,3)9-6-4-5-7-9;;;;;;;;/h2*4-7H,8-10H2,1-3H3;11H,4-10H2,1-3H3;4-6H,7-9H2,1-3H3;4-7H,1-3H3,(H,12,13);9H,5-8H2,1-4H3;7H,4-6H2,1-3H3;5-8H2,1-4H3;2*4-8H2,1-3H3;4-7H2,1-3H3;8*1H4. The SMILES string of the molecule is C.C.C.C.C.C.C.C.CC(C)(C)N1CCCC1.CC(C)(C)N1CCCCC1.CC(C)(C)N1CCCCC1.CC(C)(C)N1CCN2CCCCC2C1.CC(C)(C)N1CCc2ccccc2C1.CC(C)(C)N1CCc2ccccc2C1.CC(C)(C)N1CCn2cccc2C1.CC(C)(C)N1CCn2ncnc2C1.CC(C)(C)c1nc2ccccc2[nH]1.CN1CCC(C(C)(C)C)CC1.CN1CCN(C(C)(C)C)CC1. The summed E-state index contributed by atoms with van der Waals surface area (Å²) in [6.07, 6.45) is 24.6. The summed E-state index contributed by atoms with van der Waals surface area (Å²) >= 11 is 0. The van der Waals surface area contributed by atoms with Gasteiger partial charge in [-0.05, 0) is 395 Å². The first-order valence-corrected chi connectivity index (χ1v) is 52.7. The number of piperidine rings is 4. The van der Waals surface area contributed by atoms with Crippen molar-refractivity contribution in [3.05, 3.63) is 137 Å². The van der Waals surface area contributed by atoms with Gasteiger partial charge in [0.05, 0.1) is 24.1 Å². The maximum absolute atomic E-state index is 4.53. The molecule has 0 bridgehead atoms. The zero-order valence-corrected chi connectivity index (χ0v) is 92.5. The number of likely N-dealkylation sites (tertiary alicyclic amines) is 4. The molecular weight excluding hydrogens is 1720 g/mol. The van der Waals surface area contributed by atoms with Gasteiger partial charge in [-0.15, -0.1) is 0 Å². The van der Waals surface area contributed by atoms with E-state index in [2.05, 4.69) is 399 Å². The Morgan fingerprint density at radius 3 is 1.06 bits per heavy atom. The predicted molar refractivity (Wildman–Crippen MR) is 624 cm³/mol. The number of para-hydroxylation sites is 2. The Morgan fingerprint density at radius 1 is 0.300 bits per heavy atom. The molecule has 14 heterocycles. The summed E-state index contributed by atoms with van der Waals surface area (Å²) in [5, 5.41) is 4.15. The van der Waals surface area contributed by atoms with Crippen LogP contribution < -0.4 is 0 Å². The largest absolute Gasteiger partial charge is 0.349 e. The Labute approximate surface area is 872 Å². The quantitative estimate of drug-likeness (QED) is 0.156. The van der Waals surface area contributed by atoms with Crippen molar-refractivity contribution in [3.63, 3.8) is 0 Å². The van der Waals surface area contributed by atoms with Crippen molar-refractivity contribution in [2.45, 2.75) is 485 Å². The van der Waals surface area contributed by atoms with Crippen LogP contribution in [-0.2, 0) is 57.5 Å². The number of likely N-dealkylation sites (N-methyl/N-ethyl adjacent to an activating group) is 1. The highest BCUT2D eigenvalue weighted by molar-refractivity contribution is 5.75. The molecule has 11 aliphatic rings. The van der Waals surface area contributed by atoms with E-state index in [0.29, 0.717) is 49.7 Å². The van der Waals surface area contributed by atoms with Crippen molar-refractivity contribution in [3.8, 4) is 0 Å². The normalized spacial score (nSPS) is 19.9. The van der Waals surface area contributed by atoms with Crippen molar-refractivity contribution in [2.75, 3.05) is 145 Å². The fraction of sp³-hybridized carbons (Fsp3) is 0.795. The Kier molecular flexibility index (Phi) is 59.9. The fourth-order valence-corrected chi connectivity index (χ4v) is 19.6. The van der Waals surface area contributed by atoms with Crippen LogP contribution in [0.15, 0.2) is 97.5 Å². The summed E-state index contributed by atoms with van der Waals surface area (Å²) in [5.74, 6) is 3.08. The number of aromatic amines is 1. The van der Waals surface area contributed by atoms with Gasteiger partial charge in [0.25, 0.3) is 0 Å². The Hall–Kier alpha value is -4.93. The fourth-order valence-electron chi connectivity index (χ4n) is 19.6. The van der Waals surface area contributed by atoms with Crippen LogP contribution in [0.4, 0.5) is 0 Å². The van der Waals surface area contributed by atoms with Crippen LogP contribution >= 0.6 is 0 Å². The lowest BCUT2D eigenvalue weighted by Crippen LogP contribution is -2.59. The van der Waals surface area contributed by atoms with E-state index in [1.165, 1.54) is 249 Å². The molecule has 18 nitrogen and oxygen atoms in total. The number of rotatable bonds is 0. The van der Waals surface area contributed by atoms with Gasteiger partial charge in [-0.3, -0.25) is 49.0 Å². The average Bonchev–Trinajstić information content (AvgIpc) is 1.73. The van der Waals surface area contributed by atoms with E-state index < -0.39 is 0 Å². The van der Waals surface area contributed by atoms with Gasteiger partial charge in [0, 0.05) is 171 Å². The van der Waals surface area contributed by atoms with Gasteiger partial charge in [-0.25, -0.2) is 14.6 Å². The molecule has 1 atom stereocenters. The number of piperazine rings is 2. The summed E-state index contributed by atoms with van der Waals surface area (Å²) in [6, 6.07) is 30.9. The number of hydrogen-bond donors (Lipinski definition) is 1. The molecule has 3 aromatic carbocycles. The van der Waals surface area contributed by atoms with E-state index in [1.54, 1.807) is 6.33 Å². The average molecular weight is 1960 g/mol. The van der Waals surface area contributed by atoms with Crippen molar-refractivity contribution >= 4 is 11.0 Å². The molecule has 1 unspecified atom stereocenters. The molecule has 0 radical (unpaired) electrons. The highest BCUT2D eigenvalue weighted by Gasteiger charge is 2.36. The van der Waals surface area contributed by atoms with E-state index >= 15 is 0 Å². The zero-order valence-electron chi connectivity index (χ0n) is 92.5. The predicted octanol–water partition coefficient (Wildman–Crippen LogP) is 28.4. The van der Waals surface area contributed by atoms with Crippen LogP contribution in [0, 0.1) is 11.3 Å². The lowest BCUT2D eigenvalue weighted by Gasteiger charge is -2.48. The lowest BCUT2D eigenvalue weighted by atomic mass is 9.75. The Balaban J connectivity index is 0. The number of fused-ring (bicyclic) bond motifs is 6. The first-order valence-electron chi connectivity index (χ1n) is 52.7. The molecule has 18 heteroatoms. The summed E-state index contributed by atoms with van der Waals surface area (Å²) < 4.78 is 4.34. The van der Waals surface area contributed by atoms with Crippen molar-refractivity contribution in [1.82, 2.24) is 88.1 Å².